The van der Waals surface area contributed by atoms with E-state index in [1.165, 1.54) is 0 Å². The first-order valence-corrected chi connectivity index (χ1v) is 4.43. The van der Waals surface area contributed by atoms with Gasteiger partial charge in [0.15, 0.2) is 0 Å². The Hall–Kier alpha value is -0.890. The molecular formula is C9H11ClN2. The zero-order valence-corrected chi connectivity index (χ0v) is 7.70. The van der Waals surface area contributed by atoms with Crippen molar-refractivity contribution in [2.24, 2.45) is 0 Å². The molecule has 3 heteroatoms. The Labute approximate surface area is 76.9 Å². The Morgan fingerprint density at radius 1 is 1.25 bits per heavy atom. The molecule has 1 aromatic carbocycles. The van der Waals surface area contributed by atoms with Crippen molar-refractivity contribution in [3.05, 3.63) is 22.7 Å². The van der Waals surface area contributed by atoms with Crippen LogP contribution in [0.25, 0.3) is 0 Å². The number of hydrogen-bond acceptors (Lipinski definition) is 2. The van der Waals surface area contributed by atoms with Crippen molar-refractivity contribution in [2.75, 3.05) is 23.7 Å². The van der Waals surface area contributed by atoms with Crippen LogP contribution in [0.15, 0.2) is 12.1 Å². The molecule has 1 aliphatic heterocycles. The molecule has 0 radical (unpaired) electrons. The average molecular weight is 183 g/mol. The molecule has 1 heterocycles. The van der Waals surface area contributed by atoms with E-state index < -0.39 is 0 Å². The minimum atomic E-state index is 0.824. The molecule has 0 bridgehead atoms. The van der Waals surface area contributed by atoms with Crippen molar-refractivity contribution >= 4 is 23.0 Å². The predicted molar refractivity (Wildman–Crippen MR) is 53.2 cm³/mol. The number of rotatable bonds is 0. The van der Waals surface area contributed by atoms with Crippen molar-refractivity contribution in [1.29, 1.82) is 0 Å². The lowest BCUT2D eigenvalue weighted by molar-refractivity contribution is 1.04. The van der Waals surface area contributed by atoms with Crippen molar-refractivity contribution in [2.45, 2.75) is 6.92 Å². The van der Waals surface area contributed by atoms with E-state index in [1.54, 1.807) is 0 Å². The molecule has 2 rings (SSSR count). The SMILES string of the molecule is Cc1c(Cl)ccc2c1NCCN2. The molecule has 0 fully saturated rings. The summed E-state index contributed by atoms with van der Waals surface area (Å²) < 4.78 is 0. The molecule has 0 saturated carbocycles. The third kappa shape index (κ3) is 1.12. The second-order valence-electron chi connectivity index (χ2n) is 2.95. The Morgan fingerprint density at radius 2 is 2.00 bits per heavy atom. The van der Waals surface area contributed by atoms with Crippen molar-refractivity contribution in [1.82, 2.24) is 0 Å². The quantitative estimate of drug-likeness (QED) is 0.644. The fraction of sp³-hybridized carbons (Fsp3) is 0.333. The second-order valence-corrected chi connectivity index (χ2v) is 3.36. The van der Waals surface area contributed by atoms with E-state index in [0.717, 1.165) is 35.1 Å². The average Bonchev–Trinajstić information content (AvgIpc) is 2.12. The van der Waals surface area contributed by atoms with Crippen molar-refractivity contribution in [3.63, 3.8) is 0 Å². The maximum Gasteiger partial charge on any atom is 0.0621 e. The van der Waals surface area contributed by atoms with Gasteiger partial charge in [-0.1, -0.05) is 11.6 Å². The van der Waals surface area contributed by atoms with Crippen LogP contribution in [0.3, 0.4) is 0 Å². The third-order valence-electron chi connectivity index (χ3n) is 2.14. The minimum Gasteiger partial charge on any atom is -0.382 e. The summed E-state index contributed by atoms with van der Waals surface area (Å²) in [5, 5.41) is 7.46. The summed E-state index contributed by atoms with van der Waals surface area (Å²) in [5.41, 5.74) is 3.43. The third-order valence-corrected chi connectivity index (χ3v) is 2.55. The largest absolute Gasteiger partial charge is 0.382 e. The lowest BCUT2D eigenvalue weighted by atomic mass is 10.1. The van der Waals surface area contributed by atoms with Gasteiger partial charge in [-0.05, 0) is 24.6 Å². The minimum absolute atomic E-state index is 0.824. The number of hydrogen-bond donors (Lipinski definition) is 2. The molecule has 0 aliphatic carbocycles. The second kappa shape index (κ2) is 2.87. The topological polar surface area (TPSA) is 24.1 Å². The standard InChI is InChI=1S/C9H11ClN2/c1-6-7(10)2-3-8-9(6)12-5-4-11-8/h2-3,11-12H,4-5H2,1H3. The molecule has 64 valence electrons. The summed E-state index contributed by atoms with van der Waals surface area (Å²) >= 11 is 5.98. The first-order valence-electron chi connectivity index (χ1n) is 4.06. The van der Waals surface area contributed by atoms with Crippen LogP contribution in [0.4, 0.5) is 11.4 Å². The summed E-state index contributed by atoms with van der Waals surface area (Å²) in [6, 6.07) is 3.94. The van der Waals surface area contributed by atoms with Crippen LogP contribution in [0.2, 0.25) is 5.02 Å². The van der Waals surface area contributed by atoms with Crippen LogP contribution in [0.1, 0.15) is 5.56 Å². The van der Waals surface area contributed by atoms with Crippen LogP contribution >= 0.6 is 11.6 Å². The van der Waals surface area contributed by atoms with Gasteiger partial charge in [0.2, 0.25) is 0 Å². The summed E-state index contributed by atoms with van der Waals surface area (Å²) in [6.45, 7) is 3.98. The van der Waals surface area contributed by atoms with Gasteiger partial charge in [-0.25, -0.2) is 0 Å². The predicted octanol–water partition coefficient (Wildman–Crippen LogP) is 2.49. The summed E-state index contributed by atoms with van der Waals surface area (Å²) in [5.74, 6) is 0. The van der Waals surface area contributed by atoms with Gasteiger partial charge in [0.25, 0.3) is 0 Å². The van der Waals surface area contributed by atoms with Crippen molar-refractivity contribution < 1.29 is 0 Å². The fourth-order valence-electron chi connectivity index (χ4n) is 1.45. The Balaban J connectivity index is 2.54. The lowest BCUT2D eigenvalue weighted by Gasteiger charge is -2.22. The zero-order valence-electron chi connectivity index (χ0n) is 6.95. The van der Waals surface area contributed by atoms with Gasteiger partial charge in [-0.2, -0.15) is 0 Å². The van der Waals surface area contributed by atoms with E-state index in [0.29, 0.717) is 0 Å². The molecule has 0 atom stereocenters. The lowest BCUT2D eigenvalue weighted by Crippen LogP contribution is -2.21. The maximum absolute atomic E-state index is 5.98. The smallest absolute Gasteiger partial charge is 0.0621 e. The molecule has 0 unspecified atom stereocenters. The summed E-state index contributed by atoms with van der Waals surface area (Å²) in [7, 11) is 0. The van der Waals surface area contributed by atoms with Crippen molar-refractivity contribution in [3.8, 4) is 0 Å². The van der Waals surface area contributed by atoms with E-state index >= 15 is 0 Å². The first-order chi connectivity index (χ1) is 5.79. The number of anilines is 2. The highest BCUT2D eigenvalue weighted by atomic mass is 35.5. The highest BCUT2D eigenvalue weighted by Gasteiger charge is 2.11. The molecule has 0 amide bonds. The van der Waals surface area contributed by atoms with E-state index in [4.69, 9.17) is 11.6 Å². The molecule has 12 heavy (non-hydrogen) atoms. The molecule has 0 saturated heterocycles. The highest BCUT2D eigenvalue weighted by Crippen LogP contribution is 2.32. The van der Waals surface area contributed by atoms with Gasteiger partial charge in [-0.3, -0.25) is 0 Å². The Morgan fingerprint density at radius 3 is 2.83 bits per heavy atom. The number of halogens is 1. The van der Waals surface area contributed by atoms with Crippen LogP contribution in [-0.2, 0) is 0 Å². The van der Waals surface area contributed by atoms with Gasteiger partial charge in [0.05, 0.1) is 11.4 Å². The van der Waals surface area contributed by atoms with Gasteiger partial charge >= 0.3 is 0 Å². The van der Waals surface area contributed by atoms with Crippen LogP contribution in [0, 0.1) is 6.92 Å². The molecule has 0 aromatic heterocycles. The Bertz CT molecular complexity index is 310. The molecule has 1 aromatic rings. The molecular weight excluding hydrogens is 172 g/mol. The summed E-state index contributed by atoms with van der Waals surface area (Å²) in [4.78, 5) is 0. The van der Waals surface area contributed by atoms with Crippen LogP contribution < -0.4 is 10.6 Å². The molecule has 1 aliphatic rings. The summed E-state index contributed by atoms with van der Waals surface area (Å²) in [6.07, 6.45) is 0. The molecule has 0 spiro atoms. The van der Waals surface area contributed by atoms with Crippen LogP contribution in [0.5, 0.6) is 0 Å². The van der Waals surface area contributed by atoms with E-state index in [1.807, 2.05) is 19.1 Å². The fourth-order valence-corrected chi connectivity index (χ4v) is 1.60. The van der Waals surface area contributed by atoms with E-state index in [-0.39, 0.29) is 0 Å². The van der Waals surface area contributed by atoms with E-state index in [2.05, 4.69) is 10.6 Å². The monoisotopic (exact) mass is 182 g/mol. The number of nitrogens with one attached hydrogen (secondary N) is 2. The Kier molecular flexibility index (Phi) is 1.85. The number of benzene rings is 1. The maximum atomic E-state index is 5.98. The molecule has 2 N–H and O–H groups in total. The van der Waals surface area contributed by atoms with Gasteiger partial charge in [0.1, 0.15) is 0 Å². The van der Waals surface area contributed by atoms with Gasteiger partial charge in [0, 0.05) is 18.1 Å². The van der Waals surface area contributed by atoms with Crippen LogP contribution in [-0.4, -0.2) is 13.1 Å². The highest BCUT2D eigenvalue weighted by molar-refractivity contribution is 6.32. The van der Waals surface area contributed by atoms with Gasteiger partial charge in [-0.15, -0.1) is 0 Å². The van der Waals surface area contributed by atoms with Gasteiger partial charge < -0.3 is 10.6 Å². The molecule has 2 nitrogen and oxygen atoms in total. The first kappa shape index (κ1) is 7.74. The normalized spacial score (nSPS) is 14.5. The number of fused-ring (bicyclic) bond motifs is 1. The van der Waals surface area contributed by atoms with E-state index in [9.17, 15) is 0 Å². The zero-order chi connectivity index (χ0) is 8.55.